The lowest BCUT2D eigenvalue weighted by Crippen LogP contribution is -2.21. The van der Waals surface area contributed by atoms with E-state index in [9.17, 15) is 8.42 Å². The van der Waals surface area contributed by atoms with Crippen LogP contribution in [0.5, 0.6) is 0 Å². The Morgan fingerprint density at radius 1 is 0.737 bits per heavy atom. The van der Waals surface area contributed by atoms with Gasteiger partial charge in [0.05, 0.1) is 11.0 Å². The van der Waals surface area contributed by atoms with Crippen LogP contribution in [0.25, 0.3) is 0 Å². The van der Waals surface area contributed by atoms with E-state index >= 15 is 0 Å². The highest BCUT2D eigenvalue weighted by Gasteiger charge is 2.19. The average Bonchev–Trinajstić information content (AvgIpc) is 2.38. The summed E-state index contributed by atoms with van der Waals surface area (Å²) in [7, 11) is -2.83. The monoisotopic (exact) mass is 290 g/mol. The van der Waals surface area contributed by atoms with Gasteiger partial charge in [0, 0.05) is 0 Å². The number of rotatable bonds is 13. The van der Waals surface area contributed by atoms with Gasteiger partial charge in [0.15, 0.2) is 9.84 Å². The zero-order valence-corrected chi connectivity index (χ0v) is 14.1. The molecule has 0 aromatic rings. The Hall–Kier alpha value is -0.0500. The van der Waals surface area contributed by atoms with Crippen LogP contribution in [0.4, 0.5) is 0 Å². The maximum atomic E-state index is 12.0. The first kappa shape index (κ1) is 18.9. The van der Waals surface area contributed by atoms with Crippen molar-refractivity contribution in [1.82, 2.24) is 0 Å². The molecule has 0 N–H and O–H groups in total. The van der Waals surface area contributed by atoms with Crippen molar-refractivity contribution in [2.75, 3.05) is 5.75 Å². The van der Waals surface area contributed by atoms with Crippen molar-refractivity contribution < 1.29 is 8.42 Å². The molecule has 0 saturated heterocycles. The molecule has 0 saturated carbocycles. The van der Waals surface area contributed by atoms with Gasteiger partial charge in [-0.05, 0) is 19.8 Å². The summed E-state index contributed by atoms with van der Waals surface area (Å²) in [5.41, 5.74) is 0. The molecule has 0 fully saturated rings. The largest absolute Gasteiger partial charge is 0.229 e. The van der Waals surface area contributed by atoms with Crippen molar-refractivity contribution in [3.05, 3.63) is 0 Å². The Balaban J connectivity index is 3.58. The summed E-state index contributed by atoms with van der Waals surface area (Å²) in [4.78, 5) is 0. The van der Waals surface area contributed by atoms with E-state index in [2.05, 4.69) is 13.8 Å². The summed E-state index contributed by atoms with van der Waals surface area (Å²) in [6.07, 6.45) is 12.6. The third-order valence-electron chi connectivity index (χ3n) is 3.86. The second kappa shape index (κ2) is 11.7. The van der Waals surface area contributed by atoms with Crippen LogP contribution in [-0.4, -0.2) is 19.4 Å². The van der Waals surface area contributed by atoms with Gasteiger partial charge in [-0.25, -0.2) is 8.42 Å². The van der Waals surface area contributed by atoms with Crippen LogP contribution in [0.2, 0.25) is 0 Å². The predicted molar refractivity (Wildman–Crippen MR) is 85.4 cm³/mol. The van der Waals surface area contributed by atoms with Crippen molar-refractivity contribution in [3.8, 4) is 0 Å². The number of sulfone groups is 1. The van der Waals surface area contributed by atoms with Gasteiger partial charge >= 0.3 is 0 Å². The summed E-state index contributed by atoms with van der Waals surface area (Å²) in [6, 6.07) is 0. The minimum Gasteiger partial charge on any atom is -0.229 e. The smallest absolute Gasteiger partial charge is 0.152 e. The first-order chi connectivity index (χ1) is 9.04. The topological polar surface area (TPSA) is 34.1 Å². The van der Waals surface area contributed by atoms with Crippen LogP contribution in [0.3, 0.4) is 0 Å². The molecule has 0 rings (SSSR count). The highest BCUT2D eigenvalue weighted by Crippen LogP contribution is 2.14. The molecule has 0 aliphatic carbocycles. The van der Waals surface area contributed by atoms with Gasteiger partial charge in [-0.1, -0.05) is 71.6 Å². The van der Waals surface area contributed by atoms with Gasteiger partial charge in [0.25, 0.3) is 0 Å². The van der Waals surface area contributed by atoms with Crippen LogP contribution in [0, 0.1) is 0 Å². The van der Waals surface area contributed by atoms with Gasteiger partial charge in [0.2, 0.25) is 0 Å². The van der Waals surface area contributed by atoms with E-state index in [-0.39, 0.29) is 5.25 Å². The van der Waals surface area contributed by atoms with Crippen LogP contribution >= 0.6 is 0 Å². The van der Waals surface area contributed by atoms with Crippen LogP contribution in [-0.2, 0) is 9.84 Å². The average molecular weight is 291 g/mol. The molecule has 0 aliphatic rings. The number of hydrogen-bond donors (Lipinski definition) is 0. The standard InChI is InChI=1S/C16H34O2S/c1-4-6-8-9-10-11-12-13-15-19(17,18)16(3)14-7-5-2/h16H,4-15H2,1-3H3. The van der Waals surface area contributed by atoms with Crippen molar-refractivity contribution in [2.45, 2.75) is 96.7 Å². The molecule has 0 spiro atoms. The summed E-state index contributed by atoms with van der Waals surface area (Å²) in [5, 5.41) is -0.142. The van der Waals surface area contributed by atoms with E-state index in [4.69, 9.17) is 0 Å². The Morgan fingerprint density at radius 3 is 1.74 bits per heavy atom. The van der Waals surface area contributed by atoms with E-state index in [1.165, 1.54) is 38.5 Å². The van der Waals surface area contributed by atoms with Crippen LogP contribution in [0.15, 0.2) is 0 Å². The molecule has 0 radical (unpaired) electrons. The van der Waals surface area contributed by atoms with Gasteiger partial charge in [-0.15, -0.1) is 0 Å². The zero-order valence-electron chi connectivity index (χ0n) is 13.3. The second-order valence-corrected chi connectivity index (χ2v) is 8.33. The normalized spacial score (nSPS) is 13.6. The van der Waals surface area contributed by atoms with Crippen molar-refractivity contribution in [1.29, 1.82) is 0 Å². The Labute approximate surface area is 121 Å². The van der Waals surface area contributed by atoms with E-state index in [1.807, 2.05) is 6.92 Å². The third-order valence-corrected chi connectivity index (χ3v) is 6.18. The summed E-state index contributed by atoms with van der Waals surface area (Å²) < 4.78 is 24.0. The second-order valence-electron chi connectivity index (χ2n) is 5.79. The lowest BCUT2D eigenvalue weighted by Gasteiger charge is -2.12. The lowest BCUT2D eigenvalue weighted by molar-refractivity contribution is 0.558. The first-order valence-corrected chi connectivity index (χ1v) is 9.97. The number of unbranched alkanes of at least 4 members (excludes halogenated alkanes) is 8. The van der Waals surface area contributed by atoms with Crippen molar-refractivity contribution >= 4 is 9.84 Å². The maximum absolute atomic E-state index is 12.0. The molecule has 1 unspecified atom stereocenters. The van der Waals surface area contributed by atoms with E-state index in [0.717, 1.165) is 32.1 Å². The summed E-state index contributed by atoms with van der Waals surface area (Å²) in [6.45, 7) is 6.21. The van der Waals surface area contributed by atoms with Crippen LogP contribution in [0.1, 0.15) is 91.4 Å². The predicted octanol–water partition coefficient (Wildman–Crippen LogP) is 5.12. The number of hydrogen-bond acceptors (Lipinski definition) is 2. The van der Waals surface area contributed by atoms with Crippen molar-refractivity contribution in [2.24, 2.45) is 0 Å². The summed E-state index contributed by atoms with van der Waals surface area (Å²) in [5.74, 6) is 0.396. The lowest BCUT2D eigenvalue weighted by atomic mass is 10.1. The SMILES string of the molecule is CCCCCCCCCCS(=O)(=O)C(C)CCCC. The van der Waals surface area contributed by atoms with Gasteiger partial charge in [-0.2, -0.15) is 0 Å². The molecule has 0 amide bonds. The minimum atomic E-state index is -2.83. The third kappa shape index (κ3) is 10.4. The molecule has 0 bridgehead atoms. The van der Waals surface area contributed by atoms with Gasteiger partial charge in [-0.3, -0.25) is 0 Å². The molecule has 0 heterocycles. The molecule has 116 valence electrons. The van der Waals surface area contributed by atoms with Gasteiger partial charge in [0.1, 0.15) is 0 Å². The molecule has 3 heteroatoms. The molecule has 2 nitrogen and oxygen atoms in total. The molecule has 0 aliphatic heterocycles. The fourth-order valence-electron chi connectivity index (χ4n) is 2.31. The molecule has 19 heavy (non-hydrogen) atoms. The first-order valence-electron chi connectivity index (χ1n) is 8.26. The zero-order chi connectivity index (χ0) is 14.6. The van der Waals surface area contributed by atoms with Crippen LogP contribution < -0.4 is 0 Å². The molecule has 0 aromatic carbocycles. The highest BCUT2D eigenvalue weighted by molar-refractivity contribution is 7.91. The van der Waals surface area contributed by atoms with E-state index < -0.39 is 9.84 Å². The maximum Gasteiger partial charge on any atom is 0.152 e. The van der Waals surface area contributed by atoms with Crippen molar-refractivity contribution in [3.63, 3.8) is 0 Å². The fraction of sp³-hybridized carbons (Fsp3) is 1.00. The van der Waals surface area contributed by atoms with E-state index in [0.29, 0.717) is 5.75 Å². The molecule has 1 atom stereocenters. The fourth-order valence-corrected chi connectivity index (χ4v) is 3.84. The van der Waals surface area contributed by atoms with Gasteiger partial charge < -0.3 is 0 Å². The minimum absolute atomic E-state index is 0.142. The molecule has 0 aromatic heterocycles. The van der Waals surface area contributed by atoms with E-state index in [1.54, 1.807) is 0 Å². The Bertz CT molecular complexity index is 283. The Kier molecular flexibility index (Phi) is 11.7. The highest BCUT2D eigenvalue weighted by atomic mass is 32.2. The summed E-state index contributed by atoms with van der Waals surface area (Å²) >= 11 is 0. The molecular formula is C16H34O2S. The Morgan fingerprint density at radius 2 is 1.21 bits per heavy atom. The quantitative estimate of drug-likeness (QED) is 0.441. The molecular weight excluding hydrogens is 256 g/mol.